The standard InChI is InChI=1S/C24H32N4O2/c1-24(2,3)30-23(29)27-13-14-28-21-19(11-12-25-15-20(21)27)26-22(28)18-9-7-17(8-10-18)16-5-4-6-16/h7-10,16,20,25H,4-6,11-15H2,1-3H3. The molecule has 1 N–H and O–H groups in total. The predicted octanol–water partition coefficient (Wildman–Crippen LogP) is 4.26. The van der Waals surface area contributed by atoms with Crippen LogP contribution in [0.4, 0.5) is 4.79 Å². The van der Waals surface area contributed by atoms with Gasteiger partial charge < -0.3 is 14.6 Å². The van der Waals surface area contributed by atoms with Gasteiger partial charge in [-0.25, -0.2) is 9.78 Å². The molecule has 0 bridgehead atoms. The van der Waals surface area contributed by atoms with E-state index in [2.05, 4.69) is 34.1 Å². The molecule has 1 unspecified atom stereocenters. The summed E-state index contributed by atoms with van der Waals surface area (Å²) in [6.07, 6.45) is 4.64. The molecule has 6 heteroatoms. The number of hydrogen-bond donors (Lipinski definition) is 1. The third kappa shape index (κ3) is 3.51. The van der Waals surface area contributed by atoms with Crippen molar-refractivity contribution in [3.63, 3.8) is 0 Å². The van der Waals surface area contributed by atoms with Crippen molar-refractivity contribution in [2.45, 2.75) is 70.6 Å². The first kappa shape index (κ1) is 19.6. The second-order valence-corrected chi connectivity index (χ2v) is 9.81. The summed E-state index contributed by atoms with van der Waals surface area (Å²) in [5.74, 6) is 1.78. The number of aromatic nitrogens is 2. The molecule has 1 aliphatic carbocycles. The number of benzene rings is 1. The lowest BCUT2D eigenvalue weighted by Crippen LogP contribution is -2.47. The van der Waals surface area contributed by atoms with Gasteiger partial charge in [0.25, 0.3) is 0 Å². The lowest BCUT2D eigenvalue weighted by Gasteiger charge is -2.37. The molecule has 2 aliphatic heterocycles. The van der Waals surface area contributed by atoms with E-state index in [1.807, 2.05) is 25.7 Å². The summed E-state index contributed by atoms with van der Waals surface area (Å²) in [7, 11) is 0. The topological polar surface area (TPSA) is 59.4 Å². The summed E-state index contributed by atoms with van der Waals surface area (Å²) in [6, 6.07) is 8.97. The van der Waals surface area contributed by atoms with Crippen molar-refractivity contribution in [1.82, 2.24) is 19.8 Å². The minimum absolute atomic E-state index is 0.0402. The maximum atomic E-state index is 12.9. The van der Waals surface area contributed by atoms with Crippen molar-refractivity contribution in [1.29, 1.82) is 0 Å². The van der Waals surface area contributed by atoms with Crippen LogP contribution in [0.15, 0.2) is 24.3 Å². The minimum atomic E-state index is -0.497. The molecule has 3 aliphatic rings. The van der Waals surface area contributed by atoms with Crippen LogP contribution >= 0.6 is 0 Å². The zero-order valence-electron chi connectivity index (χ0n) is 18.3. The van der Waals surface area contributed by atoms with Gasteiger partial charge in [-0.05, 0) is 45.1 Å². The van der Waals surface area contributed by atoms with E-state index in [1.54, 1.807) is 0 Å². The highest BCUT2D eigenvalue weighted by Gasteiger charge is 2.38. The summed E-state index contributed by atoms with van der Waals surface area (Å²) in [4.78, 5) is 19.8. The van der Waals surface area contributed by atoms with Gasteiger partial charge in [0.2, 0.25) is 0 Å². The van der Waals surface area contributed by atoms with E-state index in [4.69, 9.17) is 9.72 Å². The highest BCUT2D eigenvalue weighted by Crippen LogP contribution is 2.38. The summed E-state index contributed by atoms with van der Waals surface area (Å²) in [5, 5.41) is 3.48. The van der Waals surface area contributed by atoms with Crippen LogP contribution in [-0.4, -0.2) is 45.8 Å². The van der Waals surface area contributed by atoms with Crippen LogP contribution < -0.4 is 5.32 Å². The Morgan fingerprint density at radius 3 is 2.60 bits per heavy atom. The zero-order chi connectivity index (χ0) is 20.9. The number of carbonyl (C=O) groups is 1. The Bertz CT molecular complexity index is 937. The van der Waals surface area contributed by atoms with Gasteiger partial charge in [-0.15, -0.1) is 0 Å². The predicted molar refractivity (Wildman–Crippen MR) is 117 cm³/mol. The van der Waals surface area contributed by atoms with E-state index >= 15 is 0 Å². The molecule has 0 radical (unpaired) electrons. The Labute approximate surface area is 178 Å². The van der Waals surface area contributed by atoms with Gasteiger partial charge in [0.05, 0.1) is 17.4 Å². The molecule has 1 fully saturated rings. The van der Waals surface area contributed by atoms with Gasteiger partial charge in [0.1, 0.15) is 11.4 Å². The Kier molecular flexibility index (Phi) is 4.85. The third-order valence-corrected chi connectivity index (χ3v) is 6.59. The van der Waals surface area contributed by atoms with Crippen LogP contribution in [0.1, 0.15) is 68.9 Å². The van der Waals surface area contributed by atoms with Crippen LogP contribution in [0.2, 0.25) is 0 Å². The second kappa shape index (κ2) is 7.41. The van der Waals surface area contributed by atoms with Gasteiger partial charge in [-0.2, -0.15) is 0 Å². The molecule has 1 aromatic heterocycles. The van der Waals surface area contributed by atoms with Crippen LogP contribution in [0.3, 0.4) is 0 Å². The van der Waals surface area contributed by atoms with Crippen molar-refractivity contribution in [2.24, 2.45) is 0 Å². The van der Waals surface area contributed by atoms with Gasteiger partial charge in [0.15, 0.2) is 0 Å². The van der Waals surface area contributed by atoms with Crippen molar-refractivity contribution >= 4 is 6.09 Å². The van der Waals surface area contributed by atoms with Crippen molar-refractivity contribution in [2.75, 3.05) is 19.6 Å². The zero-order valence-corrected chi connectivity index (χ0v) is 18.3. The number of amides is 1. The average Bonchev–Trinajstić information content (AvgIpc) is 2.88. The SMILES string of the molecule is CC(C)(C)OC(=O)N1CCn2c(-c3ccc(C4CCC4)cc3)nc3c2C1CNCC3. The largest absolute Gasteiger partial charge is 0.444 e. The first-order chi connectivity index (χ1) is 14.4. The minimum Gasteiger partial charge on any atom is -0.444 e. The number of rotatable bonds is 2. The molecule has 1 amide bonds. The molecule has 0 saturated heterocycles. The molecular weight excluding hydrogens is 376 g/mol. The maximum Gasteiger partial charge on any atom is 0.410 e. The molecule has 5 rings (SSSR count). The molecule has 2 aromatic rings. The quantitative estimate of drug-likeness (QED) is 0.807. The third-order valence-electron chi connectivity index (χ3n) is 6.59. The molecule has 0 spiro atoms. The monoisotopic (exact) mass is 408 g/mol. The first-order valence-corrected chi connectivity index (χ1v) is 11.3. The van der Waals surface area contributed by atoms with Crippen LogP contribution in [0.25, 0.3) is 11.4 Å². The van der Waals surface area contributed by atoms with Crippen molar-refractivity contribution in [3.05, 3.63) is 41.2 Å². The Morgan fingerprint density at radius 1 is 1.17 bits per heavy atom. The summed E-state index contributed by atoms with van der Waals surface area (Å²) < 4.78 is 8.04. The highest BCUT2D eigenvalue weighted by atomic mass is 16.6. The number of ether oxygens (including phenoxy) is 1. The Morgan fingerprint density at radius 2 is 1.93 bits per heavy atom. The Balaban J connectivity index is 1.48. The summed E-state index contributed by atoms with van der Waals surface area (Å²) in [5.41, 5.74) is 4.41. The summed E-state index contributed by atoms with van der Waals surface area (Å²) in [6.45, 7) is 8.75. The fourth-order valence-electron chi connectivity index (χ4n) is 4.87. The number of nitrogens with zero attached hydrogens (tertiary/aromatic N) is 3. The highest BCUT2D eigenvalue weighted by molar-refractivity contribution is 5.69. The van der Waals surface area contributed by atoms with E-state index in [9.17, 15) is 4.79 Å². The normalized spacial score (nSPS) is 21.6. The fraction of sp³-hybridized carbons (Fsp3) is 0.583. The van der Waals surface area contributed by atoms with E-state index in [1.165, 1.54) is 36.1 Å². The summed E-state index contributed by atoms with van der Waals surface area (Å²) >= 11 is 0. The molecule has 6 nitrogen and oxygen atoms in total. The fourth-order valence-corrected chi connectivity index (χ4v) is 4.87. The van der Waals surface area contributed by atoms with Gasteiger partial charge in [-0.1, -0.05) is 30.7 Å². The maximum absolute atomic E-state index is 12.9. The van der Waals surface area contributed by atoms with Crippen molar-refractivity contribution in [3.8, 4) is 11.4 Å². The molecule has 1 aromatic carbocycles. The lowest BCUT2D eigenvalue weighted by molar-refractivity contribution is 0.0110. The van der Waals surface area contributed by atoms with E-state index < -0.39 is 5.60 Å². The van der Waals surface area contributed by atoms with E-state index in [0.29, 0.717) is 6.54 Å². The van der Waals surface area contributed by atoms with Crippen molar-refractivity contribution < 1.29 is 9.53 Å². The van der Waals surface area contributed by atoms with Crippen LogP contribution in [0.5, 0.6) is 0 Å². The van der Waals surface area contributed by atoms with Crippen LogP contribution in [-0.2, 0) is 17.7 Å². The van der Waals surface area contributed by atoms with Gasteiger partial charge in [-0.3, -0.25) is 4.90 Å². The second-order valence-electron chi connectivity index (χ2n) is 9.81. The Hall–Kier alpha value is -2.34. The number of nitrogens with one attached hydrogen (secondary N) is 1. The smallest absolute Gasteiger partial charge is 0.410 e. The molecule has 1 saturated carbocycles. The van der Waals surface area contributed by atoms with Crippen LogP contribution in [0, 0.1) is 0 Å². The lowest BCUT2D eigenvalue weighted by atomic mass is 9.80. The van der Waals surface area contributed by atoms with Gasteiger partial charge >= 0.3 is 6.09 Å². The molecular formula is C24H32N4O2. The van der Waals surface area contributed by atoms with E-state index in [-0.39, 0.29) is 12.1 Å². The molecule has 1 atom stereocenters. The number of hydrogen-bond acceptors (Lipinski definition) is 4. The average molecular weight is 409 g/mol. The van der Waals surface area contributed by atoms with E-state index in [0.717, 1.165) is 43.5 Å². The molecule has 160 valence electrons. The molecule has 3 heterocycles. The number of imidazole rings is 1. The van der Waals surface area contributed by atoms with Gasteiger partial charge in [0, 0.05) is 38.2 Å². The first-order valence-electron chi connectivity index (χ1n) is 11.3. The number of carbonyl (C=O) groups excluding carboxylic acids is 1. The molecule has 30 heavy (non-hydrogen) atoms.